The first-order valence-electron chi connectivity index (χ1n) is 9.23. The highest BCUT2D eigenvalue weighted by Crippen LogP contribution is 2.30. The molecule has 1 N–H and O–H groups in total. The van der Waals surface area contributed by atoms with Gasteiger partial charge in [-0.15, -0.1) is 0 Å². The molecule has 0 unspecified atom stereocenters. The number of hydrogen-bond donors (Lipinski definition) is 1. The summed E-state index contributed by atoms with van der Waals surface area (Å²) in [7, 11) is 0. The number of ether oxygens (including phenoxy) is 1. The second-order valence-electron chi connectivity index (χ2n) is 6.97. The lowest BCUT2D eigenvalue weighted by molar-refractivity contribution is -0.384. The van der Waals surface area contributed by atoms with Crippen molar-refractivity contribution in [3.63, 3.8) is 0 Å². The van der Waals surface area contributed by atoms with Crippen molar-refractivity contribution in [3.8, 4) is 0 Å². The number of benzene rings is 1. The summed E-state index contributed by atoms with van der Waals surface area (Å²) in [6, 6.07) is 5.40. The van der Waals surface area contributed by atoms with Crippen LogP contribution in [0.25, 0.3) is 0 Å². The van der Waals surface area contributed by atoms with Crippen molar-refractivity contribution >= 4 is 23.3 Å². The van der Waals surface area contributed by atoms with Crippen molar-refractivity contribution in [2.75, 3.05) is 0 Å². The minimum Gasteiger partial charge on any atom is -0.457 e. The maximum Gasteiger partial charge on any atom is 0.374 e. The third-order valence-corrected chi connectivity index (χ3v) is 4.47. The zero-order chi connectivity index (χ0) is 21.1. The van der Waals surface area contributed by atoms with Crippen LogP contribution in [-0.2, 0) is 11.2 Å². The number of nitro groups is 1. The molecule has 1 aromatic heterocycles. The first kappa shape index (κ1) is 20.2. The summed E-state index contributed by atoms with van der Waals surface area (Å²) in [5.74, 6) is -0.322. The van der Waals surface area contributed by atoms with Gasteiger partial charge in [0.15, 0.2) is 0 Å². The molecule has 0 bridgehead atoms. The molecular weight excluding hydrogens is 378 g/mol. The van der Waals surface area contributed by atoms with Crippen LogP contribution in [0.3, 0.4) is 0 Å². The van der Waals surface area contributed by atoms with Crippen LogP contribution < -0.4 is 5.43 Å². The Bertz CT molecular complexity index is 1010. The number of nitrogens with zero attached hydrogens (tertiary/aromatic N) is 2. The molecule has 152 valence electrons. The molecule has 1 aromatic carbocycles. The van der Waals surface area contributed by atoms with E-state index in [0.717, 1.165) is 6.42 Å². The summed E-state index contributed by atoms with van der Waals surface area (Å²) < 4.78 is 10.9. The van der Waals surface area contributed by atoms with Gasteiger partial charge in [-0.1, -0.05) is 6.07 Å². The number of non-ortho nitro benzene ring substituents is 1. The number of hydrazone groups is 1. The van der Waals surface area contributed by atoms with E-state index in [9.17, 15) is 19.7 Å². The predicted molar refractivity (Wildman–Crippen MR) is 104 cm³/mol. The standard InChI is InChI=1S/C20H21N3O6/c1-11(2)28-20(25)18-12(3)17-15(8-5-9-16(17)29-18)21-22-19(24)13-6-4-7-14(10-13)23(26)27/h4,6-7,10-11H,5,8-9H2,1-3H3,(H,22,24)/b21-15+. The summed E-state index contributed by atoms with van der Waals surface area (Å²) in [6.07, 6.45) is 1.74. The maximum absolute atomic E-state index is 12.4. The molecule has 0 saturated heterocycles. The summed E-state index contributed by atoms with van der Waals surface area (Å²) >= 11 is 0. The highest BCUT2D eigenvalue weighted by Gasteiger charge is 2.29. The third-order valence-electron chi connectivity index (χ3n) is 4.47. The number of hydrogen-bond acceptors (Lipinski definition) is 7. The van der Waals surface area contributed by atoms with E-state index >= 15 is 0 Å². The number of amides is 1. The van der Waals surface area contributed by atoms with Crippen LogP contribution in [0.4, 0.5) is 5.69 Å². The van der Waals surface area contributed by atoms with Gasteiger partial charge >= 0.3 is 5.97 Å². The van der Waals surface area contributed by atoms with Crippen molar-refractivity contribution in [1.29, 1.82) is 0 Å². The largest absolute Gasteiger partial charge is 0.457 e. The SMILES string of the molecule is Cc1c(C(=O)OC(C)C)oc2c1/C(=N/NC(=O)c1cccc([N+](=O)[O-])c1)CCC2. The number of furan rings is 1. The molecule has 0 aliphatic heterocycles. The second-order valence-corrected chi connectivity index (χ2v) is 6.97. The lowest BCUT2D eigenvalue weighted by atomic mass is 9.93. The van der Waals surface area contributed by atoms with E-state index in [2.05, 4.69) is 10.5 Å². The number of nitrogens with one attached hydrogen (secondary N) is 1. The molecule has 0 spiro atoms. The van der Waals surface area contributed by atoms with E-state index < -0.39 is 16.8 Å². The number of carbonyl (C=O) groups is 2. The van der Waals surface area contributed by atoms with Crippen LogP contribution in [0, 0.1) is 17.0 Å². The first-order chi connectivity index (χ1) is 13.8. The number of carbonyl (C=O) groups excluding carboxylic acids is 2. The van der Waals surface area contributed by atoms with E-state index in [1.807, 2.05) is 0 Å². The molecule has 1 heterocycles. The van der Waals surface area contributed by atoms with Gasteiger partial charge in [0.25, 0.3) is 11.6 Å². The average molecular weight is 399 g/mol. The number of aryl methyl sites for hydroxylation is 1. The fraction of sp³-hybridized carbons (Fsp3) is 0.350. The summed E-state index contributed by atoms with van der Waals surface area (Å²) in [4.78, 5) is 34.9. The second kappa shape index (κ2) is 8.26. The highest BCUT2D eigenvalue weighted by atomic mass is 16.6. The molecule has 0 saturated carbocycles. The van der Waals surface area contributed by atoms with Gasteiger partial charge in [-0.3, -0.25) is 14.9 Å². The van der Waals surface area contributed by atoms with Gasteiger partial charge in [-0.25, -0.2) is 10.2 Å². The van der Waals surface area contributed by atoms with Gasteiger partial charge < -0.3 is 9.15 Å². The molecular formula is C20H21N3O6. The lowest BCUT2D eigenvalue weighted by Gasteiger charge is -2.13. The Morgan fingerprint density at radius 3 is 2.76 bits per heavy atom. The van der Waals surface area contributed by atoms with Crippen LogP contribution in [0.2, 0.25) is 0 Å². The molecule has 1 aliphatic rings. The summed E-state index contributed by atoms with van der Waals surface area (Å²) in [5, 5.41) is 15.1. The number of fused-ring (bicyclic) bond motifs is 1. The minimum absolute atomic E-state index is 0.129. The predicted octanol–water partition coefficient (Wildman–Crippen LogP) is 3.53. The fourth-order valence-electron chi connectivity index (χ4n) is 3.19. The normalized spacial score (nSPS) is 14.6. The van der Waals surface area contributed by atoms with Crippen LogP contribution in [0.5, 0.6) is 0 Å². The zero-order valence-corrected chi connectivity index (χ0v) is 16.4. The average Bonchev–Trinajstić information content (AvgIpc) is 3.03. The Morgan fingerprint density at radius 2 is 2.07 bits per heavy atom. The fourth-order valence-corrected chi connectivity index (χ4v) is 3.19. The van der Waals surface area contributed by atoms with E-state index in [1.165, 1.54) is 24.3 Å². The van der Waals surface area contributed by atoms with Gasteiger partial charge in [0.1, 0.15) is 5.76 Å². The monoisotopic (exact) mass is 399 g/mol. The Morgan fingerprint density at radius 1 is 1.31 bits per heavy atom. The molecule has 9 heteroatoms. The Hall–Kier alpha value is -3.49. The zero-order valence-electron chi connectivity index (χ0n) is 16.4. The minimum atomic E-state index is -0.567. The van der Waals surface area contributed by atoms with Crippen molar-refractivity contribution in [2.24, 2.45) is 5.10 Å². The van der Waals surface area contributed by atoms with Crippen LogP contribution >= 0.6 is 0 Å². The molecule has 2 aromatic rings. The van der Waals surface area contributed by atoms with E-state index in [1.54, 1.807) is 20.8 Å². The van der Waals surface area contributed by atoms with E-state index in [-0.39, 0.29) is 23.1 Å². The molecule has 1 amide bonds. The third kappa shape index (κ3) is 4.34. The van der Waals surface area contributed by atoms with Crippen molar-refractivity contribution in [1.82, 2.24) is 5.43 Å². The number of rotatable bonds is 5. The van der Waals surface area contributed by atoms with Gasteiger partial charge in [0.05, 0.1) is 16.7 Å². The molecule has 3 rings (SSSR count). The van der Waals surface area contributed by atoms with E-state index in [4.69, 9.17) is 9.15 Å². The van der Waals surface area contributed by atoms with Gasteiger partial charge in [-0.2, -0.15) is 5.10 Å². The number of esters is 1. The van der Waals surface area contributed by atoms with Gasteiger partial charge in [0.2, 0.25) is 5.76 Å². The van der Waals surface area contributed by atoms with Crippen molar-refractivity contribution < 1.29 is 23.7 Å². The molecule has 1 aliphatic carbocycles. The van der Waals surface area contributed by atoms with Crippen molar-refractivity contribution in [2.45, 2.75) is 46.1 Å². The molecule has 29 heavy (non-hydrogen) atoms. The smallest absolute Gasteiger partial charge is 0.374 e. The molecule has 0 atom stereocenters. The highest BCUT2D eigenvalue weighted by molar-refractivity contribution is 6.06. The van der Waals surface area contributed by atoms with Gasteiger partial charge in [0, 0.05) is 35.2 Å². The van der Waals surface area contributed by atoms with Crippen LogP contribution in [0.15, 0.2) is 33.8 Å². The van der Waals surface area contributed by atoms with Crippen molar-refractivity contribution in [3.05, 3.63) is 62.6 Å². The topological polar surface area (TPSA) is 124 Å². The molecule has 0 fully saturated rings. The first-order valence-corrected chi connectivity index (χ1v) is 9.23. The van der Waals surface area contributed by atoms with Gasteiger partial charge in [-0.05, 0) is 39.7 Å². The Labute approximate surface area is 166 Å². The quantitative estimate of drug-likeness (QED) is 0.466. The maximum atomic E-state index is 12.4. The summed E-state index contributed by atoms with van der Waals surface area (Å²) in [6.45, 7) is 5.27. The van der Waals surface area contributed by atoms with E-state index in [0.29, 0.717) is 35.4 Å². The number of nitro benzene ring substituents is 1. The van der Waals surface area contributed by atoms with Crippen LogP contribution in [0.1, 0.15) is 64.5 Å². The molecule has 9 nitrogen and oxygen atoms in total. The van der Waals surface area contributed by atoms with Crippen LogP contribution in [-0.4, -0.2) is 28.6 Å². The lowest BCUT2D eigenvalue weighted by Crippen LogP contribution is -2.22. The Kier molecular flexibility index (Phi) is 5.76. The summed E-state index contributed by atoms with van der Waals surface area (Å²) in [5.41, 5.74) is 4.31. The molecule has 0 radical (unpaired) electrons. The Balaban J connectivity index is 1.84.